The van der Waals surface area contributed by atoms with Gasteiger partial charge in [0.2, 0.25) is 0 Å². The monoisotopic (exact) mass is 321 g/mol. The Hall–Kier alpha value is -0.173. The van der Waals surface area contributed by atoms with E-state index in [9.17, 15) is 0 Å². The summed E-state index contributed by atoms with van der Waals surface area (Å²) in [5, 5.41) is 4.31. The standard InChI is InChI=1S/C11H22BrN2O2Si/c1-15-8-10-7-14(13-11(10)12)9-16-5-6-17(2,3)4/h7,17H,5-6,8-9H2,1-4H3/q-1. The van der Waals surface area contributed by atoms with E-state index in [0.717, 1.165) is 16.8 Å². The van der Waals surface area contributed by atoms with Crippen molar-refractivity contribution in [3.05, 3.63) is 16.4 Å². The summed E-state index contributed by atoms with van der Waals surface area (Å²) < 4.78 is 13.3. The van der Waals surface area contributed by atoms with E-state index in [0.29, 0.717) is 13.3 Å². The second-order valence-corrected chi connectivity index (χ2v) is 12.9. The van der Waals surface area contributed by atoms with E-state index in [1.165, 1.54) is 6.04 Å². The van der Waals surface area contributed by atoms with Crippen LogP contribution < -0.4 is 0 Å². The molecule has 6 heteroatoms. The molecule has 0 unspecified atom stereocenters. The fraction of sp³-hybridized carbons (Fsp3) is 0.727. The van der Waals surface area contributed by atoms with E-state index >= 15 is 0 Å². The molecule has 0 spiro atoms. The van der Waals surface area contributed by atoms with Crippen LogP contribution in [0.1, 0.15) is 5.56 Å². The zero-order valence-electron chi connectivity index (χ0n) is 11.1. The van der Waals surface area contributed by atoms with Gasteiger partial charge in [-0.1, -0.05) is 0 Å². The molecule has 0 aliphatic rings. The Morgan fingerprint density at radius 1 is 1.41 bits per heavy atom. The van der Waals surface area contributed by atoms with Gasteiger partial charge in [0.05, 0.1) is 0 Å². The molecule has 0 N–H and O–H groups in total. The third-order valence-electron chi connectivity index (χ3n) is 2.44. The Labute approximate surface area is 112 Å². The first-order valence-corrected chi connectivity index (χ1v) is 11.1. The van der Waals surface area contributed by atoms with E-state index < -0.39 is 8.07 Å². The molecule has 0 amide bonds. The summed E-state index contributed by atoms with van der Waals surface area (Å²) in [5.74, 6) is 0. The van der Waals surface area contributed by atoms with Crippen LogP contribution in [0, 0.1) is 0 Å². The second-order valence-electron chi connectivity index (χ2n) is 5.70. The average molecular weight is 322 g/mol. The minimum absolute atomic E-state index is 0.511. The summed E-state index contributed by atoms with van der Waals surface area (Å²) in [6.07, 6.45) is 1.95. The first kappa shape index (κ1) is 14.9. The average Bonchev–Trinajstić information content (AvgIpc) is 2.54. The van der Waals surface area contributed by atoms with Crippen molar-refractivity contribution in [1.29, 1.82) is 0 Å². The summed E-state index contributed by atoms with van der Waals surface area (Å²) >= 11 is 3.40. The molecule has 1 heterocycles. The molecule has 4 nitrogen and oxygen atoms in total. The van der Waals surface area contributed by atoms with Gasteiger partial charge in [0, 0.05) is 0 Å². The van der Waals surface area contributed by atoms with Gasteiger partial charge in [-0.3, -0.25) is 0 Å². The molecule has 100 valence electrons. The van der Waals surface area contributed by atoms with Gasteiger partial charge in [-0.15, -0.1) is 0 Å². The molecule has 1 aromatic heterocycles. The SMILES string of the molecule is COCc1cn(COCC[SiH-](C)(C)C)nc1Br. The van der Waals surface area contributed by atoms with Crippen molar-refractivity contribution < 1.29 is 9.47 Å². The van der Waals surface area contributed by atoms with Crippen molar-refractivity contribution in [2.75, 3.05) is 13.7 Å². The predicted octanol–water partition coefficient (Wildman–Crippen LogP) is 2.84. The molecule has 0 bridgehead atoms. The number of rotatable bonds is 7. The molecule has 1 aromatic rings. The molecule has 0 radical (unpaired) electrons. The number of aromatic nitrogens is 2. The van der Waals surface area contributed by atoms with Crippen molar-refractivity contribution in [2.45, 2.75) is 39.0 Å². The fourth-order valence-corrected chi connectivity index (χ4v) is 2.65. The van der Waals surface area contributed by atoms with E-state index in [-0.39, 0.29) is 0 Å². The Morgan fingerprint density at radius 3 is 2.71 bits per heavy atom. The van der Waals surface area contributed by atoms with Crippen molar-refractivity contribution >= 4 is 24.0 Å². The zero-order chi connectivity index (χ0) is 12.9. The summed E-state index contributed by atoms with van der Waals surface area (Å²) in [4.78, 5) is 0. The van der Waals surface area contributed by atoms with E-state index in [1.807, 2.05) is 6.20 Å². The van der Waals surface area contributed by atoms with Gasteiger partial charge in [0.15, 0.2) is 0 Å². The summed E-state index contributed by atoms with van der Waals surface area (Å²) in [6.45, 7) is 9.02. The fourth-order valence-electron chi connectivity index (χ4n) is 1.35. The maximum absolute atomic E-state index is 5.62. The Bertz CT molecular complexity index is 350. The number of ether oxygens (including phenoxy) is 2. The van der Waals surface area contributed by atoms with Crippen LogP contribution in [0.2, 0.25) is 25.7 Å². The molecule has 0 saturated carbocycles. The number of hydrogen-bond acceptors (Lipinski definition) is 3. The molecule has 0 atom stereocenters. The number of nitrogens with zero attached hydrogens (tertiary/aromatic N) is 2. The predicted molar refractivity (Wildman–Crippen MR) is 76.1 cm³/mol. The third-order valence-corrected chi connectivity index (χ3v) is 5.07. The Balaban J connectivity index is 2.34. The normalized spacial score (nSPS) is 13.0. The summed E-state index contributed by atoms with van der Waals surface area (Å²) in [7, 11) is 0.416. The van der Waals surface area contributed by atoms with Crippen LogP contribution in [-0.2, 0) is 22.8 Å². The van der Waals surface area contributed by atoms with Crippen molar-refractivity contribution in [3.63, 3.8) is 0 Å². The van der Waals surface area contributed by atoms with Crippen molar-refractivity contribution in [2.24, 2.45) is 0 Å². The van der Waals surface area contributed by atoms with Gasteiger partial charge >= 0.3 is 112 Å². The van der Waals surface area contributed by atoms with Crippen molar-refractivity contribution in [1.82, 2.24) is 9.78 Å². The Kier molecular flexibility index (Phi) is 5.85. The second kappa shape index (κ2) is 6.68. The van der Waals surface area contributed by atoms with E-state index in [2.05, 4.69) is 40.7 Å². The summed E-state index contributed by atoms with van der Waals surface area (Å²) in [6, 6.07) is 1.21. The molecule has 0 fully saturated rings. The van der Waals surface area contributed by atoms with Gasteiger partial charge in [-0.2, -0.15) is 0 Å². The molecule has 1 rings (SSSR count). The topological polar surface area (TPSA) is 36.3 Å². The minimum atomic E-state index is -1.26. The van der Waals surface area contributed by atoms with Crippen LogP contribution in [0.15, 0.2) is 10.8 Å². The van der Waals surface area contributed by atoms with Crippen LogP contribution in [0.5, 0.6) is 0 Å². The van der Waals surface area contributed by atoms with Gasteiger partial charge in [-0.25, -0.2) is 0 Å². The number of halogens is 1. The summed E-state index contributed by atoms with van der Waals surface area (Å²) in [5.41, 5.74) is 1.04. The van der Waals surface area contributed by atoms with E-state index in [1.54, 1.807) is 11.8 Å². The van der Waals surface area contributed by atoms with Crippen LogP contribution in [-0.4, -0.2) is 31.6 Å². The maximum atomic E-state index is 5.62. The zero-order valence-corrected chi connectivity index (χ0v) is 13.8. The molecule has 0 aliphatic carbocycles. The van der Waals surface area contributed by atoms with Gasteiger partial charge in [-0.05, 0) is 0 Å². The number of hydrogen-bond donors (Lipinski definition) is 0. The van der Waals surface area contributed by atoms with Gasteiger partial charge in [0.25, 0.3) is 0 Å². The number of methoxy groups -OCH3 is 1. The molecule has 0 aromatic carbocycles. The quantitative estimate of drug-likeness (QED) is 0.572. The molecular weight excluding hydrogens is 300 g/mol. The molecule has 0 saturated heterocycles. The van der Waals surface area contributed by atoms with Crippen LogP contribution in [0.4, 0.5) is 0 Å². The molecular formula is C11H22BrN2O2Si-. The van der Waals surface area contributed by atoms with Gasteiger partial charge in [0.1, 0.15) is 0 Å². The first-order valence-electron chi connectivity index (χ1n) is 5.99. The van der Waals surface area contributed by atoms with Crippen LogP contribution >= 0.6 is 15.9 Å². The van der Waals surface area contributed by atoms with Crippen LogP contribution in [0.3, 0.4) is 0 Å². The van der Waals surface area contributed by atoms with Gasteiger partial charge < -0.3 is 0 Å². The van der Waals surface area contributed by atoms with Crippen molar-refractivity contribution in [3.8, 4) is 0 Å². The molecule has 17 heavy (non-hydrogen) atoms. The Morgan fingerprint density at radius 2 is 2.12 bits per heavy atom. The third kappa shape index (κ3) is 5.81. The van der Waals surface area contributed by atoms with E-state index in [4.69, 9.17) is 9.47 Å². The van der Waals surface area contributed by atoms with Crippen LogP contribution in [0.25, 0.3) is 0 Å². The first-order chi connectivity index (χ1) is 7.92. The molecule has 0 aliphatic heterocycles.